The molecule has 0 aliphatic carbocycles. The predicted molar refractivity (Wildman–Crippen MR) is 104 cm³/mol. The molecule has 0 aliphatic heterocycles. The second kappa shape index (κ2) is 10.5. The maximum Gasteiger partial charge on any atom is 0.119 e. The topological polar surface area (TPSA) is 21.3 Å². The van der Waals surface area contributed by atoms with Crippen LogP contribution < -0.4 is 10.1 Å². The molecule has 4 heteroatoms. The predicted octanol–water partition coefficient (Wildman–Crippen LogP) is 6.95. The van der Waals surface area contributed by atoms with E-state index in [1.54, 1.807) is 12.1 Å². The molecule has 0 radical (unpaired) electrons. The summed E-state index contributed by atoms with van der Waals surface area (Å²) in [5.41, 5.74) is 2.01. The van der Waals surface area contributed by atoms with Crippen molar-refractivity contribution in [2.45, 2.75) is 45.6 Å². The van der Waals surface area contributed by atoms with Crippen LogP contribution in [-0.4, -0.2) is 6.61 Å². The summed E-state index contributed by atoms with van der Waals surface area (Å²) in [6.07, 6.45) is 6.26. The number of unbranched alkanes of at least 4 members (excludes halogenated alkanes) is 4. The van der Waals surface area contributed by atoms with Gasteiger partial charge in [0.1, 0.15) is 5.75 Å². The lowest BCUT2D eigenvalue weighted by Gasteiger charge is -2.10. The first kappa shape index (κ1) is 19.0. The average Bonchev–Trinajstić information content (AvgIpc) is 2.60. The third-order valence-corrected chi connectivity index (χ3v) is 4.42. The van der Waals surface area contributed by atoms with Crippen molar-refractivity contribution in [3.05, 3.63) is 58.1 Å². The summed E-state index contributed by atoms with van der Waals surface area (Å²) < 4.78 is 5.78. The highest BCUT2D eigenvalue weighted by atomic mass is 35.5. The Morgan fingerprint density at radius 1 is 0.917 bits per heavy atom. The number of ether oxygens (including phenoxy) is 1. The van der Waals surface area contributed by atoms with E-state index >= 15 is 0 Å². The fraction of sp³-hybridized carbons (Fsp3) is 0.400. The molecule has 2 rings (SSSR count). The first-order chi connectivity index (χ1) is 11.7. The van der Waals surface area contributed by atoms with Crippen LogP contribution in [0, 0.1) is 0 Å². The summed E-state index contributed by atoms with van der Waals surface area (Å²) in [6, 6.07) is 13.6. The smallest absolute Gasteiger partial charge is 0.119 e. The Morgan fingerprint density at radius 3 is 2.42 bits per heavy atom. The fourth-order valence-electron chi connectivity index (χ4n) is 2.43. The summed E-state index contributed by atoms with van der Waals surface area (Å²) in [4.78, 5) is 0. The molecule has 0 aliphatic rings. The van der Waals surface area contributed by atoms with E-state index in [-0.39, 0.29) is 0 Å². The van der Waals surface area contributed by atoms with Crippen LogP contribution in [0.5, 0.6) is 5.75 Å². The van der Waals surface area contributed by atoms with Crippen molar-refractivity contribution in [2.75, 3.05) is 11.9 Å². The van der Waals surface area contributed by atoms with Crippen LogP contribution in [0.4, 0.5) is 5.69 Å². The molecule has 130 valence electrons. The Kier molecular flexibility index (Phi) is 8.27. The molecule has 0 aromatic heterocycles. The van der Waals surface area contributed by atoms with Crippen molar-refractivity contribution in [1.82, 2.24) is 0 Å². The zero-order valence-electron chi connectivity index (χ0n) is 14.2. The van der Waals surface area contributed by atoms with Crippen LogP contribution in [0.3, 0.4) is 0 Å². The minimum absolute atomic E-state index is 0.669. The lowest BCUT2D eigenvalue weighted by atomic mass is 10.2. The van der Waals surface area contributed by atoms with Crippen LogP contribution in [0.15, 0.2) is 42.5 Å². The average molecular weight is 366 g/mol. The van der Waals surface area contributed by atoms with E-state index in [0.29, 0.717) is 16.6 Å². The molecule has 2 aromatic rings. The molecule has 0 amide bonds. The Bertz CT molecular complexity index is 614. The van der Waals surface area contributed by atoms with Gasteiger partial charge in [-0.25, -0.2) is 0 Å². The Morgan fingerprint density at radius 2 is 1.67 bits per heavy atom. The maximum absolute atomic E-state index is 6.15. The van der Waals surface area contributed by atoms with Gasteiger partial charge in [-0.3, -0.25) is 0 Å². The molecule has 0 fully saturated rings. The van der Waals surface area contributed by atoms with Crippen LogP contribution >= 0.6 is 23.2 Å². The Hall–Kier alpha value is -1.38. The van der Waals surface area contributed by atoms with Crippen molar-refractivity contribution in [3.8, 4) is 5.75 Å². The molecule has 0 bridgehead atoms. The van der Waals surface area contributed by atoms with E-state index in [4.69, 9.17) is 27.9 Å². The molecule has 2 aromatic carbocycles. The summed E-state index contributed by atoms with van der Waals surface area (Å²) >= 11 is 12.1. The standard InChI is InChI=1S/C20H25Cl2NO/c1-2-3-4-5-6-13-24-18-10-7-16(8-11-18)15-23-20-14-17(21)9-12-19(20)22/h7-12,14,23H,2-6,13,15H2,1H3. The van der Waals surface area contributed by atoms with E-state index in [1.807, 2.05) is 18.2 Å². The Labute approximate surface area is 155 Å². The molecule has 0 heterocycles. The van der Waals surface area contributed by atoms with Gasteiger partial charge in [-0.05, 0) is 42.3 Å². The summed E-state index contributed by atoms with van der Waals surface area (Å²) in [7, 11) is 0. The monoisotopic (exact) mass is 365 g/mol. The van der Waals surface area contributed by atoms with Gasteiger partial charge in [0.05, 0.1) is 17.3 Å². The molecule has 2 nitrogen and oxygen atoms in total. The second-order valence-electron chi connectivity index (χ2n) is 5.88. The highest BCUT2D eigenvalue weighted by Crippen LogP contribution is 2.26. The van der Waals surface area contributed by atoms with Crippen molar-refractivity contribution in [2.24, 2.45) is 0 Å². The second-order valence-corrected chi connectivity index (χ2v) is 6.73. The van der Waals surface area contributed by atoms with E-state index < -0.39 is 0 Å². The lowest BCUT2D eigenvalue weighted by Crippen LogP contribution is -2.01. The number of rotatable bonds is 10. The number of nitrogens with one attached hydrogen (secondary N) is 1. The number of hydrogen-bond acceptors (Lipinski definition) is 2. The van der Waals surface area contributed by atoms with Crippen molar-refractivity contribution >= 4 is 28.9 Å². The first-order valence-electron chi connectivity index (χ1n) is 8.59. The van der Waals surface area contributed by atoms with Gasteiger partial charge in [0.15, 0.2) is 0 Å². The summed E-state index contributed by atoms with van der Waals surface area (Å²) in [5.74, 6) is 0.926. The number of hydrogen-bond donors (Lipinski definition) is 1. The van der Waals surface area contributed by atoms with Gasteiger partial charge >= 0.3 is 0 Å². The summed E-state index contributed by atoms with van der Waals surface area (Å²) in [6.45, 7) is 3.71. The van der Waals surface area contributed by atoms with Crippen LogP contribution in [0.1, 0.15) is 44.6 Å². The van der Waals surface area contributed by atoms with Crippen molar-refractivity contribution in [3.63, 3.8) is 0 Å². The van der Waals surface area contributed by atoms with E-state index in [1.165, 1.54) is 31.2 Å². The van der Waals surface area contributed by atoms with Gasteiger partial charge in [0.2, 0.25) is 0 Å². The highest BCUT2D eigenvalue weighted by Gasteiger charge is 2.02. The zero-order valence-corrected chi connectivity index (χ0v) is 15.7. The molecular formula is C20H25Cl2NO. The number of benzene rings is 2. The minimum Gasteiger partial charge on any atom is -0.494 e. The summed E-state index contributed by atoms with van der Waals surface area (Å²) in [5, 5.41) is 4.64. The molecule has 0 spiro atoms. The van der Waals surface area contributed by atoms with Crippen molar-refractivity contribution in [1.29, 1.82) is 0 Å². The van der Waals surface area contributed by atoms with E-state index in [0.717, 1.165) is 24.5 Å². The van der Waals surface area contributed by atoms with Crippen LogP contribution in [-0.2, 0) is 6.54 Å². The van der Waals surface area contributed by atoms with Gasteiger partial charge in [-0.2, -0.15) is 0 Å². The van der Waals surface area contributed by atoms with Crippen molar-refractivity contribution < 1.29 is 4.74 Å². The number of halogens is 2. The Balaban J connectivity index is 1.74. The quantitative estimate of drug-likeness (QED) is 0.459. The molecular weight excluding hydrogens is 341 g/mol. The molecule has 0 saturated heterocycles. The van der Waals surface area contributed by atoms with E-state index in [9.17, 15) is 0 Å². The van der Waals surface area contributed by atoms with Gasteiger partial charge in [-0.15, -0.1) is 0 Å². The molecule has 0 unspecified atom stereocenters. The fourth-order valence-corrected chi connectivity index (χ4v) is 2.79. The van der Waals surface area contributed by atoms with Crippen LogP contribution in [0.25, 0.3) is 0 Å². The van der Waals surface area contributed by atoms with Gasteiger partial charge < -0.3 is 10.1 Å². The third-order valence-electron chi connectivity index (χ3n) is 3.85. The van der Waals surface area contributed by atoms with Gasteiger partial charge in [0, 0.05) is 11.6 Å². The molecule has 1 N–H and O–H groups in total. The molecule has 0 saturated carbocycles. The molecule has 0 atom stereocenters. The minimum atomic E-state index is 0.669. The van der Waals surface area contributed by atoms with Gasteiger partial charge in [-0.1, -0.05) is 67.9 Å². The third kappa shape index (κ3) is 6.62. The van der Waals surface area contributed by atoms with E-state index in [2.05, 4.69) is 24.4 Å². The normalized spacial score (nSPS) is 10.6. The lowest BCUT2D eigenvalue weighted by molar-refractivity contribution is 0.304. The first-order valence-corrected chi connectivity index (χ1v) is 9.35. The highest BCUT2D eigenvalue weighted by molar-refractivity contribution is 6.35. The van der Waals surface area contributed by atoms with Gasteiger partial charge in [0.25, 0.3) is 0 Å². The van der Waals surface area contributed by atoms with Crippen LogP contribution in [0.2, 0.25) is 10.0 Å². The maximum atomic E-state index is 6.15. The zero-order chi connectivity index (χ0) is 17.2. The number of anilines is 1. The molecule has 24 heavy (non-hydrogen) atoms. The SMILES string of the molecule is CCCCCCCOc1ccc(CNc2cc(Cl)ccc2Cl)cc1. The largest absolute Gasteiger partial charge is 0.494 e.